The Morgan fingerprint density at radius 3 is 2.72 bits per heavy atom. The number of amides is 1. The summed E-state index contributed by atoms with van der Waals surface area (Å²) in [7, 11) is 0. The van der Waals surface area contributed by atoms with Gasteiger partial charge in [0, 0.05) is 23.8 Å². The normalized spacial score (nSPS) is 16.4. The minimum Gasteiger partial charge on any atom is -0.325 e. The van der Waals surface area contributed by atoms with Gasteiger partial charge in [-0.1, -0.05) is 54.1 Å². The van der Waals surface area contributed by atoms with Crippen molar-refractivity contribution >= 4 is 39.7 Å². The Kier molecular flexibility index (Phi) is 3.66. The van der Waals surface area contributed by atoms with Gasteiger partial charge >= 0.3 is 0 Å². The Morgan fingerprint density at radius 2 is 1.92 bits per heavy atom. The highest BCUT2D eigenvalue weighted by molar-refractivity contribution is 6.32. The zero-order valence-corrected chi connectivity index (χ0v) is 13.8. The molecule has 0 aliphatic carbocycles. The maximum absolute atomic E-state index is 12.3. The molecule has 0 saturated carbocycles. The van der Waals surface area contributed by atoms with E-state index in [4.69, 9.17) is 11.6 Å². The molecule has 1 heterocycles. The number of nitro benzene ring substituents is 1. The molecular weight excluding hydrogens is 340 g/mol. The second-order valence-corrected chi connectivity index (χ2v) is 6.43. The highest BCUT2D eigenvalue weighted by Gasteiger charge is 2.29. The number of carbonyl (C=O) groups excluding carboxylic acids is 1. The van der Waals surface area contributed by atoms with Crippen LogP contribution < -0.4 is 5.32 Å². The molecule has 0 spiro atoms. The number of anilines is 1. The summed E-state index contributed by atoms with van der Waals surface area (Å²) in [6.45, 7) is 0. The van der Waals surface area contributed by atoms with Gasteiger partial charge in [-0.15, -0.1) is 0 Å². The minimum absolute atomic E-state index is 0.0905. The maximum Gasteiger partial charge on any atom is 0.288 e. The lowest BCUT2D eigenvalue weighted by molar-refractivity contribution is -0.384. The van der Waals surface area contributed by atoms with Crippen molar-refractivity contribution in [1.29, 1.82) is 0 Å². The van der Waals surface area contributed by atoms with Gasteiger partial charge < -0.3 is 5.32 Å². The van der Waals surface area contributed by atoms with Crippen molar-refractivity contribution in [3.8, 4) is 0 Å². The third kappa shape index (κ3) is 2.62. The van der Waals surface area contributed by atoms with E-state index < -0.39 is 4.92 Å². The van der Waals surface area contributed by atoms with E-state index in [0.717, 1.165) is 22.0 Å². The quantitative estimate of drug-likeness (QED) is 0.528. The molecule has 5 nitrogen and oxygen atoms in total. The predicted molar refractivity (Wildman–Crippen MR) is 97.1 cm³/mol. The maximum atomic E-state index is 12.3. The molecule has 3 aromatic carbocycles. The van der Waals surface area contributed by atoms with Crippen molar-refractivity contribution in [1.82, 2.24) is 0 Å². The van der Waals surface area contributed by atoms with Crippen molar-refractivity contribution in [3.05, 3.63) is 80.9 Å². The summed E-state index contributed by atoms with van der Waals surface area (Å²) in [6.07, 6.45) is 0.240. The number of hydrogen-bond donors (Lipinski definition) is 1. The SMILES string of the molecule is O=C1C[C@H](c2ccc(Cl)c([N+](=O)[O-])c2)c2ccc3ccccc3c2N1. The number of carbonyl (C=O) groups is 1. The van der Waals surface area contributed by atoms with Gasteiger partial charge in [0.15, 0.2) is 0 Å². The molecule has 6 heteroatoms. The number of fused-ring (bicyclic) bond motifs is 3. The summed E-state index contributed by atoms with van der Waals surface area (Å²) in [5.41, 5.74) is 2.29. The molecule has 0 bridgehead atoms. The molecule has 0 fully saturated rings. The molecular formula is C19H13ClN2O3. The van der Waals surface area contributed by atoms with Gasteiger partial charge in [-0.05, 0) is 22.6 Å². The number of rotatable bonds is 2. The first kappa shape index (κ1) is 15.6. The van der Waals surface area contributed by atoms with Crippen LogP contribution in [0.4, 0.5) is 11.4 Å². The van der Waals surface area contributed by atoms with Gasteiger partial charge in [0.05, 0.1) is 10.6 Å². The van der Waals surface area contributed by atoms with E-state index in [0.29, 0.717) is 5.56 Å². The topological polar surface area (TPSA) is 72.2 Å². The lowest BCUT2D eigenvalue weighted by Crippen LogP contribution is -2.23. The van der Waals surface area contributed by atoms with Crippen LogP contribution in [0.5, 0.6) is 0 Å². The van der Waals surface area contributed by atoms with Crippen molar-refractivity contribution in [2.24, 2.45) is 0 Å². The first-order chi connectivity index (χ1) is 12.0. The Balaban J connectivity index is 1.91. The summed E-state index contributed by atoms with van der Waals surface area (Å²) in [6, 6.07) is 16.5. The minimum atomic E-state index is -0.504. The molecule has 4 rings (SSSR count). The molecule has 0 unspecified atom stereocenters. The number of nitrogens with one attached hydrogen (secondary N) is 1. The first-order valence-electron chi connectivity index (χ1n) is 7.80. The molecule has 25 heavy (non-hydrogen) atoms. The fourth-order valence-electron chi connectivity index (χ4n) is 3.39. The van der Waals surface area contributed by atoms with Crippen molar-refractivity contribution in [2.75, 3.05) is 5.32 Å². The van der Waals surface area contributed by atoms with E-state index in [-0.39, 0.29) is 29.0 Å². The van der Waals surface area contributed by atoms with Crippen LogP contribution in [-0.4, -0.2) is 10.8 Å². The second-order valence-electron chi connectivity index (χ2n) is 6.02. The molecule has 124 valence electrons. The average Bonchev–Trinajstić information content (AvgIpc) is 2.61. The van der Waals surface area contributed by atoms with Crippen LogP contribution >= 0.6 is 11.6 Å². The van der Waals surface area contributed by atoms with Crippen LogP contribution in [0.3, 0.4) is 0 Å². The third-order valence-electron chi connectivity index (χ3n) is 4.56. The van der Waals surface area contributed by atoms with E-state index in [1.54, 1.807) is 6.07 Å². The van der Waals surface area contributed by atoms with Crippen LogP contribution in [0.25, 0.3) is 10.8 Å². The van der Waals surface area contributed by atoms with Gasteiger partial charge in [0.1, 0.15) is 5.02 Å². The summed E-state index contributed by atoms with van der Waals surface area (Å²) >= 11 is 5.92. The van der Waals surface area contributed by atoms with E-state index >= 15 is 0 Å². The molecule has 1 atom stereocenters. The predicted octanol–water partition coefficient (Wildman–Crippen LogP) is 4.88. The Morgan fingerprint density at radius 1 is 1.12 bits per heavy atom. The highest BCUT2D eigenvalue weighted by atomic mass is 35.5. The lowest BCUT2D eigenvalue weighted by Gasteiger charge is -2.27. The Labute approximate surface area is 148 Å². The van der Waals surface area contributed by atoms with Crippen LogP contribution in [0.1, 0.15) is 23.5 Å². The molecule has 3 aromatic rings. The first-order valence-corrected chi connectivity index (χ1v) is 8.18. The second kappa shape index (κ2) is 5.86. The zero-order valence-electron chi connectivity index (χ0n) is 13.0. The smallest absolute Gasteiger partial charge is 0.288 e. The molecule has 1 aliphatic heterocycles. The van der Waals surface area contributed by atoms with Crippen LogP contribution in [0, 0.1) is 10.1 Å². The Bertz CT molecular complexity index is 1030. The van der Waals surface area contributed by atoms with Crippen molar-refractivity contribution < 1.29 is 9.72 Å². The number of halogens is 1. The summed E-state index contributed by atoms with van der Waals surface area (Å²) in [5, 5.41) is 16.2. The molecule has 1 aliphatic rings. The summed E-state index contributed by atoms with van der Waals surface area (Å²) in [5.74, 6) is -0.351. The summed E-state index contributed by atoms with van der Waals surface area (Å²) < 4.78 is 0. The molecule has 0 saturated heterocycles. The molecule has 1 N–H and O–H groups in total. The van der Waals surface area contributed by atoms with E-state index in [9.17, 15) is 14.9 Å². The van der Waals surface area contributed by atoms with Crippen molar-refractivity contribution in [2.45, 2.75) is 12.3 Å². The van der Waals surface area contributed by atoms with Gasteiger partial charge in [0.25, 0.3) is 5.69 Å². The van der Waals surface area contributed by atoms with Crippen LogP contribution in [0.15, 0.2) is 54.6 Å². The van der Waals surface area contributed by atoms with Crippen molar-refractivity contribution in [3.63, 3.8) is 0 Å². The lowest BCUT2D eigenvalue weighted by atomic mass is 9.83. The number of nitro groups is 1. The number of benzene rings is 3. The van der Waals surface area contributed by atoms with E-state index in [1.165, 1.54) is 12.1 Å². The van der Waals surface area contributed by atoms with Gasteiger partial charge in [-0.25, -0.2) is 0 Å². The Hall–Kier alpha value is -2.92. The monoisotopic (exact) mass is 352 g/mol. The largest absolute Gasteiger partial charge is 0.325 e. The standard InChI is InChI=1S/C19H13ClN2O3/c20-16-8-6-12(9-17(16)22(24)25)15-10-18(23)21-19-13-4-2-1-3-11(13)5-7-14(15)19/h1-9,15H,10H2,(H,21,23)/t15-/m1/s1. The fourth-order valence-corrected chi connectivity index (χ4v) is 3.57. The molecule has 1 amide bonds. The number of nitrogens with zero attached hydrogens (tertiary/aromatic N) is 1. The summed E-state index contributed by atoms with van der Waals surface area (Å²) in [4.78, 5) is 22.9. The van der Waals surface area contributed by atoms with Crippen LogP contribution in [0.2, 0.25) is 5.02 Å². The van der Waals surface area contributed by atoms with Gasteiger partial charge in [0.2, 0.25) is 5.91 Å². The van der Waals surface area contributed by atoms with E-state index in [1.807, 2.05) is 36.4 Å². The van der Waals surface area contributed by atoms with Gasteiger partial charge in [-0.2, -0.15) is 0 Å². The van der Waals surface area contributed by atoms with Gasteiger partial charge in [-0.3, -0.25) is 14.9 Å². The van der Waals surface area contributed by atoms with E-state index in [2.05, 4.69) is 5.32 Å². The zero-order chi connectivity index (χ0) is 17.6. The highest BCUT2D eigenvalue weighted by Crippen LogP contribution is 2.42. The van der Waals surface area contributed by atoms with Crippen LogP contribution in [-0.2, 0) is 4.79 Å². The molecule has 0 radical (unpaired) electrons. The fraction of sp³-hybridized carbons (Fsp3) is 0.105. The average molecular weight is 353 g/mol. The number of hydrogen-bond acceptors (Lipinski definition) is 3. The molecule has 0 aromatic heterocycles. The third-order valence-corrected chi connectivity index (χ3v) is 4.88.